The lowest BCUT2D eigenvalue weighted by Crippen LogP contribution is -2.31. The average Bonchev–Trinajstić information content (AvgIpc) is 2.61. The van der Waals surface area contributed by atoms with Crippen LogP contribution >= 0.6 is 22.6 Å². The Morgan fingerprint density at radius 3 is 2.53 bits per heavy atom. The highest BCUT2D eigenvalue weighted by Gasteiger charge is 2.38. The molecular weight excluding hydrogens is 323 g/mol. The number of aliphatic hydroxyl groups excluding tert-OH is 1. The number of rotatable bonds is 3. The normalized spacial score (nSPS) is 24.8. The zero-order valence-electron chi connectivity index (χ0n) is 10.6. The number of benzene rings is 1. The summed E-state index contributed by atoms with van der Waals surface area (Å²) in [5.41, 5.74) is 1.56. The Labute approximate surface area is 118 Å². The molecule has 0 aliphatic heterocycles. The van der Waals surface area contributed by atoms with Crippen LogP contribution in [0, 0.1) is 14.9 Å². The Morgan fingerprint density at radius 2 is 2.00 bits per heavy atom. The molecule has 0 bridgehead atoms. The van der Waals surface area contributed by atoms with Crippen molar-refractivity contribution < 1.29 is 5.11 Å². The van der Waals surface area contributed by atoms with Gasteiger partial charge in [0.1, 0.15) is 0 Å². The maximum absolute atomic E-state index is 10.4. The molecule has 1 aromatic carbocycles. The van der Waals surface area contributed by atoms with E-state index in [0.29, 0.717) is 11.3 Å². The second-order valence-corrected chi connectivity index (χ2v) is 7.13. The van der Waals surface area contributed by atoms with Crippen molar-refractivity contribution in [2.45, 2.75) is 45.6 Å². The summed E-state index contributed by atoms with van der Waals surface area (Å²) < 4.78 is 1.25. The van der Waals surface area contributed by atoms with E-state index in [2.05, 4.69) is 60.7 Å². The summed E-state index contributed by atoms with van der Waals surface area (Å²) in [6, 6.07) is 8.49. The van der Waals surface area contributed by atoms with Gasteiger partial charge in [-0.15, -0.1) is 0 Å². The molecule has 0 heterocycles. The van der Waals surface area contributed by atoms with E-state index in [1.165, 1.54) is 28.4 Å². The van der Waals surface area contributed by atoms with Gasteiger partial charge in [-0.25, -0.2) is 0 Å². The topological polar surface area (TPSA) is 20.2 Å². The Morgan fingerprint density at radius 1 is 1.35 bits per heavy atom. The second kappa shape index (κ2) is 5.27. The van der Waals surface area contributed by atoms with Crippen LogP contribution in [0.2, 0.25) is 0 Å². The average molecular weight is 344 g/mol. The highest BCUT2D eigenvalue weighted by Crippen LogP contribution is 2.44. The lowest BCUT2D eigenvalue weighted by Gasteiger charge is -2.31. The Kier molecular flexibility index (Phi) is 4.14. The molecule has 0 amide bonds. The van der Waals surface area contributed by atoms with Crippen LogP contribution in [-0.2, 0) is 6.42 Å². The Balaban J connectivity index is 2.01. The minimum Gasteiger partial charge on any atom is -0.392 e. The number of hydrogen-bond acceptors (Lipinski definition) is 1. The molecular formula is C15H21IO. The first kappa shape index (κ1) is 13.3. The van der Waals surface area contributed by atoms with E-state index < -0.39 is 0 Å². The lowest BCUT2D eigenvalue weighted by molar-refractivity contribution is 0.0543. The first-order valence-electron chi connectivity index (χ1n) is 6.41. The van der Waals surface area contributed by atoms with E-state index >= 15 is 0 Å². The van der Waals surface area contributed by atoms with Gasteiger partial charge in [0.05, 0.1) is 6.10 Å². The maximum atomic E-state index is 10.4. The Bertz CT molecular complexity index is 369. The maximum Gasteiger partial charge on any atom is 0.0613 e. The van der Waals surface area contributed by atoms with Gasteiger partial charge in [0, 0.05) is 3.57 Å². The van der Waals surface area contributed by atoms with Crippen LogP contribution in [0.1, 0.15) is 38.7 Å². The fourth-order valence-corrected chi connectivity index (χ4v) is 3.43. The molecule has 2 atom stereocenters. The minimum atomic E-state index is -0.187. The smallest absolute Gasteiger partial charge is 0.0613 e. The van der Waals surface area contributed by atoms with Crippen LogP contribution in [0.25, 0.3) is 0 Å². The summed E-state index contributed by atoms with van der Waals surface area (Å²) in [6.07, 6.45) is 4.30. The number of halogens is 1. The van der Waals surface area contributed by atoms with Gasteiger partial charge in [0.2, 0.25) is 0 Å². The molecule has 0 aromatic heterocycles. The Hall–Kier alpha value is -0.0900. The van der Waals surface area contributed by atoms with Crippen LogP contribution < -0.4 is 0 Å². The SMILES string of the molecule is CC1(C)CCCC1C(O)Cc1ccc(I)cc1. The van der Waals surface area contributed by atoms with E-state index in [-0.39, 0.29) is 6.10 Å². The molecule has 0 spiro atoms. The molecule has 2 rings (SSSR count). The van der Waals surface area contributed by atoms with Gasteiger partial charge in [-0.2, -0.15) is 0 Å². The summed E-state index contributed by atoms with van der Waals surface area (Å²) in [4.78, 5) is 0. The third-order valence-electron chi connectivity index (χ3n) is 4.16. The summed E-state index contributed by atoms with van der Waals surface area (Å²) in [5, 5.41) is 10.4. The predicted molar refractivity (Wildman–Crippen MR) is 80.0 cm³/mol. The molecule has 1 N–H and O–H groups in total. The van der Waals surface area contributed by atoms with Crippen molar-refractivity contribution in [3.63, 3.8) is 0 Å². The predicted octanol–water partition coefficient (Wildman–Crippen LogP) is 4.02. The van der Waals surface area contributed by atoms with Crippen molar-refractivity contribution in [1.82, 2.24) is 0 Å². The van der Waals surface area contributed by atoms with Crippen molar-refractivity contribution >= 4 is 22.6 Å². The van der Waals surface area contributed by atoms with Crippen molar-refractivity contribution in [3.05, 3.63) is 33.4 Å². The van der Waals surface area contributed by atoms with Gasteiger partial charge >= 0.3 is 0 Å². The monoisotopic (exact) mass is 344 g/mol. The fourth-order valence-electron chi connectivity index (χ4n) is 3.07. The molecule has 1 saturated carbocycles. The van der Waals surface area contributed by atoms with E-state index in [4.69, 9.17) is 0 Å². The van der Waals surface area contributed by atoms with Gasteiger partial charge < -0.3 is 5.11 Å². The molecule has 2 unspecified atom stereocenters. The highest BCUT2D eigenvalue weighted by atomic mass is 127. The van der Waals surface area contributed by atoms with Gasteiger partial charge in [-0.3, -0.25) is 0 Å². The standard InChI is InChI=1S/C15H21IO/c1-15(2)9-3-4-13(15)14(17)10-11-5-7-12(16)8-6-11/h5-8,13-14,17H,3-4,9-10H2,1-2H3. The molecule has 1 aliphatic rings. The molecule has 1 aliphatic carbocycles. The zero-order valence-corrected chi connectivity index (χ0v) is 12.8. The van der Waals surface area contributed by atoms with Gasteiger partial charge in [-0.1, -0.05) is 32.4 Å². The van der Waals surface area contributed by atoms with Crippen LogP contribution in [0.4, 0.5) is 0 Å². The van der Waals surface area contributed by atoms with E-state index in [0.717, 1.165) is 6.42 Å². The highest BCUT2D eigenvalue weighted by molar-refractivity contribution is 14.1. The van der Waals surface area contributed by atoms with Gasteiger partial charge in [0.25, 0.3) is 0 Å². The molecule has 0 radical (unpaired) electrons. The van der Waals surface area contributed by atoms with Crippen LogP contribution in [0.5, 0.6) is 0 Å². The van der Waals surface area contributed by atoms with Crippen LogP contribution in [-0.4, -0.2) is 11.2 Å². The summed E-state index contributed by atoms with van der Waals surface area (Å²) >= 11 is 2.31. The van der Waals surface area contributed by atoms with E-state index in [1.54, 1.807) is 0 Å². The zero-order chi connectivity index (χ0) is 12.5. The molecule has 2 heteroatoms. The van der Waals surface area contributed by atoms with Crippen molar-refractivity contribution in [2.24, 2.45) is 11.3 Å². The third-order valence-corrected chi connectivity index (χ3v) is 4.88. The number of hydrogen-bond donors (Lipinski definition) is 1. The molecule has 1 fully saturated rings. The third kappa shape index (κ3) is 3.22. The fraction of sp³-hybridized carbons (Fsp3) is 0.600. The van der Waals surface area contributed by atoms with E-state index in [1.807, 2.05) is 0 Å². The first-order chi connectivity index (χ1) is 7.99. The quantitative estimate of drug-likeness (QED) is 0.821. The summed E-state index contributed by atoms with van der Waals surface area (Å²) in [7, 11) is 0. The molecule has 94 valence electrons. The molecule has 1 nitrogen and oxygen atoms in total. The summed E-state index contributed by atoms with van der Waals surface area (Å²) in [5.74, 6) is 0.460. The lowest BCUT2D eigenvalue weighted by atomic mass is 9.77. The number of aliphatic hydroxyl groups is 1. The van der Waals surface area contributed by atoms with Crippen LogP contribution in [0.15, 0.2) is 24.3 Å². The van der Waals surface area contributed by atoms with Crippen LogP contribution in [0.3, 0.4) is 0 Å². The minimum absolute atomic E-state index is 0.187. The first-order valence-corrected chi connectivity index (χ1v) is 7.49. The molecule has 1 aromatic rings. The van der Waals surface area contributed by atoms with Crippen molar-refractivity contribution in [3.8, 4) is 0 Å². The van der Waals surface area contributed by atoms with Gasteiger partial charge in [-0.05, 0) is 70.9 Å². The largest absolute Gasteiger partial charge is 0.392 e. The van der Waals surface area contributed by atoms with Crippen molar-refractivity contribution in [2.75, 3.05) is 0 Å². The summed E-state index contributed by atoms with van der Waals surface area (Å²) in [6.45, 7) is 4.59. The molecule has 17 heavy (non-hydrogen) atoms. The van der Waals surface area contributed by atoms with Crippen molar-refractivity contribution in [1.29, 1.82) is 0 Å². The van der Waals surface area contributed by atoms with Gasteiger partial charge in [0.15, 0.2) is 0 Å². The van der Waals surface area contributed by atoms with E-state index in [9.17, 15) is 5.11 Å². The second-order valence-electron chi connectivity index (χ2n) is 5.89. The molecule has 0 saturated heterocycles.